The third-order valence-corrected chi connectivity index (χ3v) is 8.77. The molecule has 4 aliphatic rings. The number of carbonyl (C=O) groups excluding carboxylic acids is 4. The molecule has 6 rings (SSSR count). The Morgan fingerprint density at radius 3 is 2.41 bits per heavy atom. The van der Waals surface area contributed by atoms with Crippen LogP contribution in [0.3, 0.4) is 0 Å². The van der Waals surface area contributed by atoms with Crippen molar-refractivity contribution in [1.82, 2.24) is 0 Å². The summed E-state index contributed by atoms with van der Waals surface area (Å²) in [6, 6.07) is 14.2. The van der Waals surface area contributed by atoms with E-state index in [1.165, 1.54) is 11.0 Å². The van der Waals surface area contributed by atoms with Crippen LogP contribution in [0.25, 0.3) is 0 Å². The van der Waals surface area contributed by atoms with Crippen molar-refractivity contribution in [2.75, 3.05) is 4.90 Å². The highest BCUT2D eigenvalue weighted by Gasteiger charge is 2.56. The number of imide groups is 1. The standard InChI is InChI=1S/C30H24BrNO5/c1-2-15-7-9-16(10-8-15)32-29(36)19-12-11-17-20(26(19)30(32)37)13-21-27(24(34)14-22(31)28(21)35)25(17)18-5-3-4-6-23(18)33/h3-11,14,19-20,25-26,33H,2,12-13H2,1H3/t19-,20+,25+,26-/m0/s1. The van der Waals surface area contributed by atoms with Gasteiger partial charge >= 0.3 is 0 Å². The first kappa shape index (κ1) is 23.8. The number of carbonyl (C=O) groups is 4. The van der Waals surface area contributed by atoms with Crippen LogP contribution in [0.15, 0.2) is 81.9 Å². The summed E-state index contributed by atoms with van der Waals surface area (Å²) in [4.78, 5) is 55.2. The van der Waals surface area contributed by atoms with E-state index in [4.69, 9.17) is 0 Å². The summed E-state index contributed by atoms with van der Waals surface area (Å²) in [5, 5.41) is 10.8. The minimum absolute atomic E-state index is 0.0170. The normalized spacial score (nSPS) is 27.0. The molecule has 7 heteroatoms. The van der Waals surface area contributed by atoms with E-state index in [0.29, 0.717) is 28.8 Å². The first-order valence-corrected chi connectivity index (χ1v) is 13.2. The number of hydrogen-bond donors (Lipinski definition) is 1. The highest BCUT2D eigenvalue weighted by Crippen LogP contribution is 2.56. The number of amides is 2. The summed E-state index contributed by atoms with van der Waals surface area (Å²) in [6.45, 7) is 2.04. The Morgan fingerprint density at radius 2 is 1.70 bits per heavy atom. The average molecular weight is 558 g/mol. The van der Waals surface area contributed by atoms with E-state index < -0.39 is 23.7 Å². The van der Waals surface area contributed by atoms with E-state index in [0.717, 1.165) is 17.6 Å². The number of hydrogen-bond acceptors (Lipinski definition) is 5. The molecule has 2 amide bonds. The molecular weight excluding hydrogens is 534 g/mol. The molecule has 1 saturated heterocycles. The first-order valence-electron chi connectivity index (χ1n) is 12.5. The Labute approximate surface area is 222 Å². The van der Waals surface area contributed by atoms with Crippen LogP contribution in [0.4, 0.5) is 5.69 Å². The van der Waals surface area contributed by atoms with Crippen LogP contribution in [0, 0.1) is 17.8 Å². The monoisotopic (exact) mass is 557 g/mol. The number of Topliss-reactive ketones (excluding diaryl/α,β-unsaturated/α-hetero) is 1. The van der Waals surface area contributed by atoms with Gasteiger partial charge in [0.05, 0.1) is 22.0 Å². The number of benzene rings is 2. The van der Waals surface area contributed by atoms with E-state index in [2.05, 4.69) is 15.9 Å². The number of ketones is 2. The maximum absolute atomic E-state index is 13.9. The van der Waals surface area contributed by atoms with Crippen molar-refractivity contribution in [3.8, 4) is 5.75 Å². The number of fused-ring (bicyclic) bond motifs is 3. The van der Waals surface area contributed by atoms with Gasteiger partial charge in [0.25, 0.3) is 0 Å². The van der Waals surface area contributed by atoms with Gasteiger partial charge in [-0.3, -0.25) is 24.1 Å². The molecule has 1 fully saturated rings. The minimum atomic E-state index is -0.662. The molecule has 4 atom stereocenters. The van der Waals surface area contributed by atoms with Gasteiger partial charge in [0, 0.05) is 28.7 Å². The van der Waals surface area contributed by atoms with Gasteiger partial charge in [-0.25, -0.2) is 0 Å². The van der Waals surface area contributed by atoms with Gasteiger partial charge in [0.15, 0.2) is 11.6 Å². The van der Waals surface area contributed by atoms with Crippen LogP contribution >= 0.6 is 15.9 Å². The molecule has 37 heavy (non-hydrogen) atoms. The molecule has 0 aromatic heterocycles. The van der Waals surface area contributed by atoms with Gasteiger partial charge in [0.2, 0.25) is 11.8 Å². The second-order valence-electron chi connectivity index (χ2n) is 9.98. The van der Waals surface area contributed by atoms with Crippen molar-refractivity contribution in [3.63, 3.8) is 0 Å². The molecule has 0 saturated carbocycles. The van der Waals surface area contributed by atoms with Crippen LogP contribution in [0.1, 0.15) is 36.8 Å². The Balaban J connectivity index is 1.47. The maximum Gasteiger partial charge on any atom is 0.238 e. The predicted octanol–water partition coefficient (Wildman–Crippen LogP) is 4.92. The third-order valence-electron chi connectivity index (χ3n) is 8.18. The molecule has 6 nitrogen and oxygen atoms in total. The summed E-state index contributed by atoms with van der Waals surface area (Å²) in [6.07, 6.45) is 4.64. The van der Waals surface area contributed by atoms with Crippen LogP contribution < -0.4 is 4.90 Å². The van der Waals surface area contributed by atoms with Crippen molar-refractivity contribution in [2.24, 2.45) is 17.8 Å². The fourth-order valence-corrected chi connectivity index (χ4v) is 6.88. The predicted molar refractivity (Wildman–Crippen MR) is 141 cm³/mol. The zero-order valence-corrected chi connectivity index (χ0v) is 21.7. The summed E-state index contributed by atoms with van der Waals surface area (Å²) >= 11 is 3.23. The number of halogens is 1. The van der Waals surface area contributed by atoms with E-state index in [-0.39, 0.29) is 40.0 Å². The second kappa shape index (κ2) is 8.77. The van der Waals surface area contributed by atoms with E-state index in [1.807, 2.05) is 25.1 Å². The lowest BCUT2D eigenvalue weighted by atomic mass is 9.59. The van der Waals surface area contributed by atoms with Crippen LogP contribution in [-0.2, 0) is 25.6 Å². The van der Waals surface area contributed by atoms with Crippen molar-refractivity contribution in [3.05, 3.63) is 93.0 Å². The van der Waals surface area contributed by atoms with Crippen molar-refractivity contribution in [2.45, 2.75) is 32.1 Å². The SMILES string of the molecule is CCc1ccc(N2C(=O)[C@H]3[C@H](CC=C4[C@H](c5ccccc5O)C5=C(C[C@H]43)C(=O)C(Br)=CC5=O)C2=O)cc1. The molecule has 2 aromatic carbocycles. The van der Waals surface area contributed by atoms with Gasteiger partial charge in [-0.1, -0.05) is 48.9 Å². The Bertz CT molecular complexity index is 1480. The van der Waals surface area contributed by atoms with Crippen LogP contribution in [-0.4, -0.2) is 28.5 Å². The Kier molecular flexibility index (Phi) is 5.64. The highest BCUT2D eigenvalue weighted by atomic mass is 79.9. The third kappa shape index (κ3) is 3.51. The maximum atomic E-state index is 13.9. The zero-order chi connectivity index (χ0) is 26.0. The number of phenols is 1. The number of nitrogens with zero attached hydrogens (tertiary/aromatic N) is 1. The minimum Gasteiger partial charge on any atom is -0.508 e. The lowest BCUT2D eigenvalue weighted by Crippen LogP contribution is -2.39. The molecule has 186 valence electrons. The first-order chi connectivity index (χ1) is 17.8. The molecule has 1 aliphatic heterocycles. The van der Waals surface area contributed by atoms with Gasteiger partial charge in [-0.2, -0.15) is 0 Å². The van der Waals surface area contributed by atoms with Gasteiger partial charge in [-0.05, 0) is 64.9 Å². The molecule has 1 N–H and O–H groups in total. The molecule has 0 unspecified atom stereocenters. The second-order valence-corrected chi connectivity index (χ2v) is 10.8. The van der Waals surface area contributed by atoms with Crippen molar-refractivity contribution in [1.29, 1.82) is 0 Å². The van der Waals surface area contributed by atoms with Crippen LogP contribution in [0.2, 0.25) is 0 Å². The van der Waals surface area contributed by atoms with Gasteiger partial charge in [0.1, 0.15) is 5.75 Å². The smallest absolute Gasteiger partial charge is 0.238 e. The largest absolute Gasteiger partial charge is 0.508 e. The number of phenolic OH excluding ortho intramolecular Hbond substituents is 1. The highest BCUT2D eigenvalue weighted by molar-refractivity contribution is 9.12. The average Bonchev–Trinajstić information content (AvgIpc) is 3.16. The van der Waals surface area contributed by atoms with Crippen LogP contribution in [0.5, 0.6) is 5.75 Å². The van der Waals surface area contributed by atoms with E-state index in [1.54, 1.807) is 36.4 Å². The number of rotatable bonds is 3. The summed E-state index contributed by atoms with van der Waals surface area (Å²) in [7, 11) is 0. The zero-order valence-electron chi connectivity index (χ0n) is 20.1. The van der Waals surface area contributed by atoms with Gasteiger partial charge < -0.3 is 5.11 Å². The van der Waals surface area contributed by atoms with Gasteiger partial charge in [-0.15, -0.1) is 0 Å². The summed E-state index contributed by atoms with van der Waals surface area (Å²) < 4.78 is 0.179. The summed E-state index contributed by atoms with van der Waals surface area (Å²) in [5.41, 5.74) is 3.69. The molecule has 0 spiro atoms. The van der Waals surface area contributed by atoms with E-state index in [9.17, 15) is 24.3 Å². The number of para-hydroxylation sites is 1. The lowest BCUT2D eigenvalue weighted by Gasteiger charge is -2.42. The number of aromatic hydroxyl groups is 1. The molecule has 2 aromatic rings. The van der Waals surface area contributed by atoms with Crippen molar-refractivity contribution < 1.29 is 24.3 Å². The Morgan fingerprint density at radius 1 is 0.973 bits per heavy atom. The molecule has 3 aliphatic carbocycles. The quantitative estimate of drug-likeness (QED) is 0.328. The fraction of sp³-hybridized carbons (Fsp3) is 0.267. The fourth-order valence-electron chi connectivity index (χ4n) is 6.43. The van der Waals surface area contributed by atoms with Crippen molar-refractivity contribution >= 4 is 45.0 Å². The molecule has 0 bridgehead atoms. The lowest BCUT2D eigenvalue weighted by molar-refractivity contribution is -0.123. The summed E-state index contributed by atoms with van der Waals surface area (Å²) in [5.74, 6) is -3.36. The number of aryl methyl sites for hydroxylation is 1. The molecular formula is C30H24BrNO5. The van der Waals surface area contributed by atoms with E-state index >= 15 is 0 Å². The molecule has 0 radical (unpaired) electrons. The number of anilines is 1. The topological polar surface area (TPSA) is 91.8 Å². The number of allylic oxidation sites excluding steroid dienone is 6. The Hall–Kier alpha value is -3.58. The molecule has 1 heterocycles.